The summed E-state index contributed by atoms with van der Waals surface area (Å²) in [6.45, 7) is 7.96. The molecule has 126 valence electrons. The molecule has 0 saturated carbocycles. The molecule has 1 aliphatic rings. The number of morpholine rings is 1. The number of thiazole rings is 1. The third-order valence-corrected chi connectivity index (χ3v) is 4.62. The monoisotopic (exact) mass is 337 g/mol. The summed E-state index contributed by atoms with van der Waals surface area (Å²) in [5.41, 5.74) is 1.09. The van der Waals surface area contributed by atoms with Gasteiger partial charge >= 0.3 is 0 Å². The normalized spacial score (nSPS) is 19.6. The van der Waals surface area contributed by atoms with Crippen LogP contribution in [-0.2, 0) is 22.6 Å². The van der Waals surface area contributed by atoms with Gasteiger partial charge in [-0.15, -0.1) is 11.3 Å². The number of hydrogen-bond donors (Lipinski definition) is 1. The van der Waals surface area contributed by atoms with Crippen LogP contribution in [0.15, 0.2) is 5.38 Å². The molecule has 1 saturated heterocycles. The standard InChI is InChI=1S/C15H23N5O2S/c1-10(2)14-17-15(19-18-14)12-7-20(4-5-22-12)6-11-9-23-13(16-11)8-21-3/h9-10,12H,4-8H2,1-3H3,(H,17,18,19)/t12-/m0/s1. The molecule has 2 aromatic rings. The minimum absolute atomic E-state index is 0.0548. The molecule has 3 rings (SSSR count). The molecule has 1 fully saturated rings. The zero-order chi connectivity index (χ0) is 16.2. The average molecular weight is 337 g/mol. The molecule has 1 atom stereocenters. The minimum atomic E-state index is -0.0548. The smallest absolute Gasteiger partial charge is 0.155 e. The molecule has 3 heterocycles. The molecule has 0 spiro atoms. The fraction of sp³-hybridized carbons (Fsp3) is 0.667. The highest BCUT2D eigenvalue weighted by atomic mass is 32.1. The number of nitrogens with zero attached hydrogens (tertiary/aromatic N) is 4. The molecule has 0 bridgehead atoms. The van der Waals surface area contributed by atoms with E-state index in [1.165, 1.54) is 0 Å². The lowest BCUT2D eigenvalue weighted by molar-refractivity contribution is -0.0374. The van der Waals surface area contributed by atoms with Gasteiger partial charge in [-0.25, -0.2) is 9.97 Å². The number of nitrogens with one attached hydrogen (secondary N) is 1. The number of hydrogen-bond acceptors (Lipinski definition) is 7. The molecule has 0 aliphatic carbocycles. The molecule has 7 nitrogen and oxygen atoms in total. The van der Waals surface area contributed by atoms with Gasteiger partial charge in [0.05, 0.1) is 18.9 Å². The summed E-state index contributed by atoms with van der Waals surface area (Å²) in [7, 11) is 1.69. The van der Waals surface area contributed by atoms with Gasteiger partial charge in [-0.2, -0.15) is 5.10 Å². The van der Waals surface area contributed by atoms with Crippen LogP contribution in [0.5, 0.6) is 0 Å². The van der Waals surface area contributed by atoms with Crippen molar-refractivity contribution in [2.75, 3.05) is 26.8 Å². The van der Waals surface area contributed by atoms with Gasteiger partial charge < -0.3 is 9.47 Å². The second-order valence-electron chi connectivity index (χ2n) is 5.99. The second kappa shape index (κ2) is 7.48. The second-order valence-corrected chi connectivity index (χ2v) is 6.94. The highest BCUT2D eigenvalue weighted by Gasteiger charge is 2.25. The molecule has 2 aromatic heterocycles. The maximum atomic E-state index is 5.86. The summed E-state index contributed by atoms with van der Waals surface area (Å²) >= 11 is 1.64. The summed E-state index contributed by atoms with van der Waals surface area (Å²) in [5.74, 6) is 1.97. The van der Waals surface area contributed by atoms with Crippen molar-refractivity contribution in [3.8, 4) is 0 Å². The van der Waals surface area contributed by atoms with Gasteiger partial charge in [0.25, 0.3) is 0 Å². The molecule has 1 aliphatic heterocycles. The van der Waals surface area contributed by atoms with Gasteiger partial charge in [0, 0.05) is 38.0 Å². The van der Waals surface area contributed by atoms with Gasteiger partial charge in [-0.1, -0.05) is 13.8 Å². The van der Waals surface area contributed by atoms with Gasteiger partial charge in [0.15, 0.2) is 11.6 Å². The number of H-pyrrole nitrogens is 1. The van der Waals surface area contributed by atoms with E-state index >= 15 is 0 Å². The van der Waals surface area contributed by atoms with Crippen molar-refractivity contribution in [3.05, 3.63) is 27.7 Å². The number of ether oxygens (including phenoxy) is 2. The third-order valence-electron chi connectivity index (χ3n) is 3.74. The highest BCUT2D eigenvalue weighted by Crippen LogP contribution is 2.22. The lowest BCUT2D eigenvalue weighted by Crippen LogP contribution is -2.38. The SMILES string of the molecule is COCc1nc(CN2CCO[C@H](c3nc(C(C)C)n[nH]3)C2)cs1. The van der Waals surface area contributed by atoms with Crippen LogP contribution in [0.3, 0.4) is 0 Å². The maximum Gasteiger partial charge on any atom is 0.155 e. The maximum absolute atomic E-state index is 5.86. The van der Waals surface area contributed by atoms with Crippen molar-refractivity contribution in [3.63, 3.8) is 0 Å². The summed E-state index contributed by atoms with van der Waals surface area (Å²) in [6.07, 6.45) is -0.0548. The van der Waals surface area contributed by atoms with E-state index < -0.39 is 0 Å². The third kappa shape index (κ3) is 4.14. The van der Waals surface area contributed by atoms with Crippen LogP contribution in [-0.4, -0.2) is 51.9 Å². The van der Waals surface area contributed by atoms with E-state index in [0.29, 0.717) is 19.1 Å². The van der Waals surface area contributed by atoms with Crippen LogP contribution in [0.4, 0.5) is 0 Å². The van der Waals surface area contributed by atoms with Crippen LogP contribution in [0.2, 0.25) is 0 Å². The topological polar surface area (TPSA) is 76.2 Å². The first-order chi connectivity index (χ1) is 11.2. The first-order valence-corrected chi connectivity index (χ1v) is 8.72. The Morgan fingerprint density at radius 1 is 1.48 bits per heavy atom. The Labute approximate surface area is 140 Å². The fourth-order valence-corrected chi connectivity index (χ4v) is 3.30. The lowest BCUT2D eigenvalue weighted by atomic mass is 10.2. The molecule has 0 radical (unpaired) electrons. The summed E-state index contributed by atoms with van der Waals surface area (Å²) < 4.78 is 11.0. The minimum Gasteiger partial charge on any atom is -0.378 e. The van der Waals surface area contributed by atoms with Crippen LogP contribution in [0, 0.1) is 0 Å². The van der Waals surface area contributed by atoms with E-state index in [9.17, 15) is 0 Å². The summed E-state index contributed by atoms with van der Waals surface area (Å²) in [6, 6.07) is 0. The Morgan fingerprint density at radius 3 is 3.09 bits per heavy atom. The Bertz CT molecular complexity index is 627. The van der Waals surface area contributed by atoms with Crippen molar-refractivity contribution in [2.24, 2.45) is 0 Å². The van der Waals surface area contributed by atoms with Crippen LogP contribution in [0.25, 0.3) is 0 Å². The summed E-state index contributed by atoms with van der Waals surface area (Å²) in [5, 5.41) is 10.4. The fourth-order valence-electron chi connectivity index (χ4n) is 2.54. The highest BCUT2D eigenvalue weighted by molar-refractivity contribution is 7.09. The molecular formula is C15H23N5O2S. The van der Waals surface area contributed by atoms with Crippen molar-refractivity contribution in [1.82, 2.24) is 25.1 Å². The Balaban J connectivity index is 1.60. The first-order valence-electron chi connectivity index (χ1n) is 7.84. The van der Waals surface area contributed by atoms with Gasteiger partial charge in [-0.05, 0) is 0 Å². The zero-order valence-corrected chi connectivity index (χ0v) is 14.6. The van der Waals surface area contributed by atoms with Crippen molar-refractivity contribution in [1.29, 1.82) is 0 Å². The molecule has 8 heteroatoms. The van der Waals surface area contributed by atoms with Gasteiger partial charge in [0.1, 0.15) is 11.1 Å². The van der Waals surface area contributed by atoms with E-state index in [2.05, 4.69) is 44.3 Å². The van der Waals surface area contributed by atoms with Crippen LogP contribution >= 0.6 is 11.3 Å². The molecule has 0 aromatic carbocycles. The Morgan fingerprint density at radius 2 is 2.35 bits per heavy atom. The van der Waals surface area contributed by atoms with Crippen molar-refractivity contribution < 1.29 is 9.47 Å². The van der Waals surface area contributed by atoms with Crippen molar-refractivity contribution in [2.45, 2.75) is 39.0 Å². The van der Waals surface area contributed by atoms with E-state index in [1.54, 1.807) is 18.4 Å². The predicted molar refractivity (Wildman–Crippen MR) is 87.3 cm³/mol. The van der Waals surface area contributed by atoms with Gasteiger partial charge in [-0.3, -0.25) is 10.00 Å². The zero-order valence-electron chi connectivity index (χ0n) is 13.8. The Hall–Kier alpha value is -1.35. The van der Waals surface area contributed by atoms with E-state index in [-0.39, 0.29) is 6.10 Å². The van der Waals surface area contributed by atoms with E-state index in [1.807, 2.05) is 0 Å². The molecular weight excluding hydrogens is 314 g/mol. The number of rotatable bonds is 6. The predicted octanol–water partition coefficient (Wildman–Crippen LogP) is 2.10. The van der Waals surface area contributed by atoms with E-state index in [4.69, 9.17) is 9.47 Å². The first kappa shape index (κ1) is 16.5. The average Bonchev–Trinajstić information content (AvgIpc) is 3.17. The van der Waals surface area contributed by atoms with Crippen LogP contribution in [0.1, 0.15) is 48.2 Å². The summed E-state index contributed by atoms with van der Waals surface area (Å²) in [4.78, 5) is 11.5. The van der Waals surface area contributed by atoms with Crippen LogP contribution < -0.4 is 0 Å². The molecule has 1 N–H and O–H groups in total. The number of aromatic amines is 1. The number of aromatic nitrogens is 4. The lowest BCUT2D eigenvalue weighted by Gasteiger charge is -2.31. The largest absolute Gasteiger partial charge is 0.378 e. The molecule has 0 amide bonds. The molecule has 0 unspecified atom stereocenters. The van der Waals surface area contributed by atoms with Crippen molar-refractivity contribution >= 4 is 11.3 Å². The van der Waals surface area contributed by atoms with E-state index in [0.717, 1.165) is 42.0 Å². The van der Waals surface area contributed by atoms with Gasteiger partial charge in [0.2, 0.25) is 0 Å². The molecule has 23 heavy (non-hydrogen) atoms. The quantitative estimate of drug-likeness (QED) is 0.870. The number of methoxy groups -OCH3 is 1. The Kier molecular flexibility index (Phi) is 5.37.